The summed E-state index contributed by atoms with van der Waals surface area (Å²) < 4.78 is 28.2. The van der Waals surface area contributed by atoms with Crippen LogP contribution in [0, 0.1) is 11.3 Å². The normalized spacial score (nSPS) is 14.5. The topological polar surface area (TPSA) is 157 Å². The van der Waals surface area contributed by atoms with Gasteiger partial charge >= 0.3 is 11.9 Å². The number of esters is 1. The van der Waals surface area contributed by atoms with E-state index >= 15 is 0 Å². The molecule has 0 radical (unpaired) electrons. The fraction of sp³-hybridized carbons (Fsp3) is 0.559. The average molecular weight is 641 g/mol. The van der Waals surface area contributed by atoms with Gasteiger partial charge in [-0.1, -0.05) is 6.92 Å². The third-order valence-electron chi connectivity index (χ3n) is 8.15. The predicted molar refractivity (Wildman–Crippen MR) is 173 cm³/mol. The molecule has 1 fully saturated rings. The first kappa shape index (κ1) is 36.4. The van der Waals surface area contributed by atoms with Gasteiger partial charge in [0.15, 0.2) is 11.5 Å². The first-order chi connectivity index (χ1) is 22.3. The fourth-order valence-electron chi connectivity index (χ4n) is 5.60. The molecule has 1 heterocycles. The summed E-state index contributed by atoms with van der Waals surface area (Å²) in [6.45, 7) is 8.44. The number of carboxylic acids is 1. The van der Waals surface area contributed by atoms with Gasteiger partial charge in [0.05, 0.1) is 44.6 Å². The second-order valence-electron chi connectivity index (χ2n) is 11.2. The Morgan fingerprint density at radius 2 is 1.57 bits per heavy atom. The lowest BCUT2D eigenvalue weighted by atomic mass is 10.0. The standard InChI is InChI=1S/C34H48N4O8/c1-5-24-19-25(33(39)40)20-29(28(24)23-36)45-18-6-9-27(10-15-38-14-8-13-37(16-17-38)12-7-11-35)46-34(41)26-21-30(42-2)32(44-4)31(22-26)43-3/h19-22,27H,5-18,35H2,1-4H3,(H,39,40). The molecule has 2 aromatic rings. The molecule has 1 atom stereocenters. The number of nitriles is 1. The number of carbonyl (C=O) groups excluding carboxylic acids is 1. The molecule has 0 aromatic heterocycles. The average Bonchev–Trinajstić information content (AvgIpc) is 3.31. The van der Waals surface area contributed by atoms with Gasteiger partial charge in [-0.2, -0.15) is 5.26 Å². The van der Waals surface area contributed by atoms with Crippen LogP contribution >= 0.6 is 0 Å². The Labute approximate surface area is 271 Å². The molecule has 0 spiro atoms. The number of methoxy groups -OCH3 is 3. The summed E-state index contributed by atoms with van der Waals surface area (Å²) in [6.07, 6.45) is 3.77. The number of nitrogens with zero attached hydrogens (tertiary/aromatic N) is 3. The maximum absolute atomic E-state index is 13.4. The van der Waals surface area contributed by atoms with Crippen molar-refractivity contribution in [2.24, 2.45) is 5.73 Å². The van der Waals surface area contributed by atoms with E-state index in [4.69, 9.17) is 29.4 Å². The maximum Gasteiger partial charge on any atom is 0.338 e. The van der Waals surface area contributed by atoms with Crippen molar-refractivity contribution in [3.8, 4) is 29.1 Å². The van der Waals surface area contributed by atoms with E-state index in [0.717, 1.165) is 52.1 Å². The molecule has 0 saturated carbocycles. The first-order valence-corrected chi connectivity index (χ1v) is 15.9. The van der Waals surface area contributed by atoms with Crippen LogP contribution in [0.4, 0.5) is 0 Å². The van der Waals surface area contributed by atoms with Crippen LogP contribution in [0.15, 0.2) is 24.3 Å². The second kappa shape index (κ2) is 18.8. The van der Waals surface area contributed by atoms with Crippen LogP contribution in [0.3, 0.4) is 0 Å². The van der Waals surface area contributed by atoms with Crippen molar-refractivity contribution in [3.05, 3.63) is 46.5 Å². The largest absolute Gasteiger partial charge is 0.493 e. The number of aryl methyl sites for hydroxylation is 1. The van der Waals surface area contributed by atoms with E-state index in [9.17, 15) is 20.0 Å². The van der Waals surface area contributed by atoms with Crippen molar-refractivity contribution in [1.82, 2.24) is 9.80 Å². The number of aromatic carboxylic acids is 1. The highest BCUT2D eigenvalue weighted by atomic mass is 16.5. The maximum atomic E-state index is 13.4. The van der Waals surface area contributed by atoms with Crippen LogP contribution in [0.5, 0.6) is 23.0 Å². The molecule has 3 N–H and O–H groups in total. The summed E-state index contributed by atoms with van der Waals surface area (Å²) in [5.41, 5.74) is 7.00. The molecular formula is C34H48N4O8. The Morgan fingerprint density at radius 1 is 0.913 bits per heavy atom. The lowest BCUT2D eigenvalue weighted by Gasteiger charge is -2.25. The molecule has 1 unspecified atom stereocenters. The van der Waals surface area contributed by atoms with Gasteiger partial charge in [0.1, 0.15) is 17.9 Å². The number of hydrogen-bond donors (Lipinski definition) is 2. The van der Waals surface area contributed by atoms with Gasteiger partial charge in [-0.05, 0) is 94.5 Å². The monoisotopic (exact) mass is 640 g/mol. The minimum Gasteiger partial charge on any atom is -0.493 e. The smallest absolute Gasteiger partial charge is 0.338 e. The fourth-order valence-corrected chi connectivity index (χ4v) is 5.60. The summed E-state index contributed by atoms with van der Waals surface area (Å²) >= 11 is 0. The van der Waals surface area contributed by atoms with E-state index in [1.807, 2.05) is 6.92 Å². The highest BCUT2D eigenvalue weighted by Gasteiger charge is 2.23. The van der Waals surface area contributed by atoms with Gasteiger partial charge in [-0.15, -0.1) is 0 Å². The zero-order chi connectivity index (χ0) is 33.5. The van der Waals surface area contributed by atoms with E-state index in [1.54, 1.807) is 12.1 Å². The Hall–Kier alpha value is -4.05. The third kappa shape index (κ3) is 10.2. The van der Waals surface area contributed by atoms with Gasteiger partial charge in [0.2, 0.25) is 5.75 Å². The Balaban J connectivity index is 1.72. The minimum atomic E-state index is -1.08. The number of benzene rings is 2. The number of carboxylic acid groups (broad SMARTS) is 1. The molecule has 12 nitrogen and oxygen atoms in total. The van der Waals surface area contributed by atoms with Crippen LogP contribution < -0.4 is 24.7 Å². The van der Waals surface area contributed by atoms with Crippen molar-refractivity contribution < 1.29 is 38.4 Å². The van der Waals surface area contributed by atoms with Gasteiger partial charge in [-0.25, -0.2) is 9.59 Å². The number of carbonyl (C=O) groups is 2. The van der Waals surface area contributed by atoms with Gasteiger partial charge < -0.3 is 44.3 Å². The van der Waals surface area contributed by atoms with E-state index in [2.05, 4.69) is 15.9 Å². The zero-order valence-electron chi connectivity index (χ0n) is 27.5. The molecule has 1 aliphatic heterocycles. The lowest BCUT2D eigenvalue weighted by molar-refractivity contribution is 0.0221. The molecule has 46 heavy (non-hydrogen) atoms. The van der Waals surface area contributed by atoms with Gasteiger partial charge in [-0.3, -0.25) is 0 Å². The van der Waals surface area contributed by atoms with Crippen molar-refractivity contribution in [2.45, 2.75) is 51.6 Å². The van der Waals surface area contributed by atoms with Crippen LogP contribution in [-0.4, -0.2) is 107 Å². The molecular weight excluding hydrogens is 592 g/mol. The Morgan fingerprint density at radius 3 is 2.13 bits per heavy atom. The molecule has 1 saturated heterocycles. The molecule has 252 valence electrons. The van der Waals surface area contributed by atoms with Crippen molar-refractivity contribution in [2.75, 3.05) is 73.7 Å². The summed E-state index contributed by atoms with van der Waals surface area (Å²) in [4.78, 5) is 29.9. The van der Waals surface area contributed by atoms with Crippen LogP contribution in [-0.2, 0) is 11.2 Å². The van der Waals surface area contributed by atoms with Crippen LogP contribution in [0.1, 0.15) is 70.9 Å². The molecule has 3 rings (SSSR count). The van der Waals surface area contributed by atoms with Gasteiger partial charge in [0.25, 0.3) is 0 Å². The minimum absolute atomic E-state index is 0.0713. The van der Waals surface area contributed by atoms with Crippen molar-refractivity contribution in [1.29, 1.82) is 5.26 Å². The van der Waals surface area contributed by atoms with E-state index in [0.29, 0.717) is 60.6 Å². The van der Waals surface area contributed by atoms with Gasteiger partial charge in [0, 0.05) is 19.6 Å². The molecule has 0 bridgehead atoms. The third-order valence-corrected chi connectivity index (χ3v) is 8.15. The predicted octanol–water partition coefficient (Wildman–Crippen LogP) is 3.98. The molecule has 0 amide bonds. The van der Waals surface area contributed by atoms with E-state index in [-0.39, 0.29) is 23.5 Å². The Kier molecular flexibility index (Phi) is 14.9. The van der Waals surface area contributed by atoms with E-state index < -0.39 is 18.0 Å². The SMILES string of the molecule is CCc1cc(C(=O)O)cc(OCCCC(CCN2CCCN(CCCN)CC2)OC(=O)c2cc(OC)c(OC)c(OC)c2)c1C#N. The number of rotatable bonds is 18. The Bertz CT molecular complexity index is 1320. The summed E-state index contributed by atoms with van der Waals surface area (Å²) in [7, 11) is 4.47. The number of ether oxygens (including phenoxy) is 5. The highest BCUT2D eigenvalue weighted by molar-refractivity contribution is 5.91. The summed E-state index contributed by atoms with van der Waals surface area (Å²) in [6, 6.07) is 8.18. The summed E-state index contributed by atoms with van der Waals surface area (Å²) in [5, 5.41) is 19.2. The highest BCUT2D eigenvalue weighted by Crippen LogP contribution is 2.38. The van der Waals surface area contributed by atoms with Crippen LogP contribution in [0.25, 0.3) is 0 Å². The lowest BCUT2D eigenvalue weighted by Crippen LogP contribution is -2.34. The number of nitrogens with two attached hydrogens (primary N) is 1. The zero-order valence-corrected chi connectivity index (χ0v) is 27.5. The van der Waals surface area contributed by atoms with E-state index in [1.165, 1.54) is 33.5 Å². The molecule has 1 aliphatic rings. The summed E-state index contributed by atoms with van der Waals surface area (Å²) in [5.74, 6) is -0.265. The van der Waals surface area contributed by atoms with Crippen LogP contribution in [0.2, 0.25) is 0 Å². The molecule has 2 aromatic carbocycles. The number of hydrogen-bond acceptors (Lipinski definition) is 11. The molecule has 12 heteroatoms. The molecule has 0 aliphatic carbocycles. The quantitative estimate of drug-likeness (QED) is 0.179. The van der Waals surface area contributed by atoms with Crippen molar-refractivity contribution in [3.63, 3.8) is 0 Å². The first-order valence-electron chi connectivity index (χ1n) is 15.9. The van der Waals surface area contributed by atoms with Crippen molar-refractivity contribution >= 4 is 11.9 Å². The second-order valence-corrected chi connectivity index (χ2v) is 11.2.